The van der Waals surface area contributed by atoms with Crippen LogP contribution in [-0.4, -0.2) is 36.0 Å². The van der Waals surface area contributed by atoms with Crippen LogP contribution in [0, 0.1) is 0 Å². The van der Waals surface area contributed by atoms with E-state index < -0.39 is 17.8 Å². The minimum Gasteiger partial charge on any atom is -0.490 e. The van der Waals surface area contributed by atoms with E-state index in [9.17, 15) is 14.4 Å². The first-order chi connectivity index (χ1) is 21.3. The summed E-state index contributed by atoms with van der Waals surface area (Å²) < 4.78 is 18.9. The number of ether oxygens (including phenoxy) is 3. The molecular weight excluding hydrogens is 692 g/mol. The van der Waals surface area contributed by atoms with E-state index in [-0.39, 0.29) is 12.1 Å². The van der Waals surface area contributed by atoms with Crippen molar-refractivity contribution in [3.05, 3.63) is 104 Å². The molecule has 0 radical (unpaired) electrons. The predicted molar refractivity (Wildman–Crippen MR) is 176 cm³/mol. The Bertz CT molecular complexity index is 1740. The van der Waals surface area contributed by atoms with Gasteiger partial charge in [0.15, 0.2) is 11.5 Å². The smallest absolute Gasteiger partial charge is 0.331 e. The summed E-state index contributed by atoms with van der Waals surface area (Å²) in [5, 5.41) is 4.52. The molecule has 0 bridgehead atoms. The molecule has 8 nitrogen and oxygen atoms in total. The molecular formula is C34H30Br2N2O6. The highest BCUT2D eigenvalue weighted by molar-refractivity contribution is 9.11. The van der Waals surface area contributed by atoms with Crippen LogP contribution in [0.1, 0.15) is 37.0 Å². The predicted octanol–water partition coefficient (Wildman–Crippen LogP) is 7.79. The number of halogens is 2. The first kappa shape index (κ1) is 31.3. The van der Waals surface area contributed by atoms with Crippen molar-refractivity contribution in [3.63, 3.8) is 0 Å². The molecule has 1 aliphatic heterocycles. The molecule has 0 aliphatic carbocycles. The maximum absolute atomic E-state index is 13.4. The van der Waals surface area contributed by atoms with Gasteiger partial charge in [-0.2, -0.15) is 0 Å². The van der Waals surface area contributed by atoms with Gasteiger partial charge in [0.2, 0.25) is 0 Å². The molecule has 1 fully saturated rings. The third kappa shape index (κ3) is 6.97. The van der Waals surface area contributed by atoms with E-state index >= 15 is 0 Å². The second-order valence-electron chi connectivity index (χ2n) is 10.0. The van der Waals surface area contributed by atoms with Crippen LogP contribution >= 0.6 is 31.9 Å². The molecule has 1 heterocycles. The average molecular weight is 722 g/mol. The Labute approximate surface area is 272 Å². The molecule has 0 aromatic heterocycles. The zero-order valence-corrected chi connectivity index (χ0v) is 27.4. The van der Waals surface area contributed by atoms with Crippen molar-refractivity contribution < 1.29 is 28.6 Å². The Balaban J connectivity index is 1.35. The van der Waals surface area contributed by atoms with Gasteiger partial charge < -0.3 is 14.2 Å². The lowest BCUT2D eigenvalue weighted by atomic mass is 10.1. The molecule has 4 aromatic carbocycles. The zero-order chi connectivity index (χ0) is 31.2. The first-order valence-corrected chi connectivity index (χ1v) is 15.7. The number of hydrogen-bond acceptors (Lipinski definition) is 6. The standard InChI is InChI=1S/C34H30Br2N2O6/c1-3-14-43-29-13-12-21(18-30(29)42-4-2)19-38-33(40)26(32(39)37-34(38)41)15-22-16-27(35)31(28(36)17-22)44-20-24-10-7-9-23-8-5-6-11-25(23)24/h5-13,15-18H,3-4,14,19-20H2,1-2H3,(H,37,39,41)/b26-15+. The number of barbiturate groups is 1. The van der Waals surface area contributed by atoms with Crippen LogP contribution in [-0.2, 0) is 22.7 Å². The van der Waals surface area contributed by atoms with Gasteiger partial charge in [0.1, 0.15) is 17.9 Å². The summed E-state index contributed by atoms with van der Waals surface area (Å²) in [5.74, 6) is 0.216. The number of carbonyl (C=O) groups excluding carboxylic acids is 3. The molecule has 0 atom stereocenters. The highest BCUT2D eigenvalue weighted by Crippen LogP contribution is 2.37. The summed E-state index contributed by atoms with van der Waals surface area (Å²) in [6.45, 7) is 5.11. The van der Waals surface area contributed by atoms with Gasteiger partial charge in [-0.25, -0.2) is 4.79 Å². The van der Waals surface area contributed by atoms with Crippen LogP contribution in [0.5, 0.6) is 17.2 Å². The summed E-state index contributed by atoms with van der Waals surface area (Å²) in [7, 11) is 0. The quantitative estimate of drug-likeness (QED) is 0.126. The number of nitrogens with zero attached hydrogens (tertiary/aromatic N) is 1. The number of nitrogens with one attached hydrogen (secondary N) is 1. The highest BCUT2D eigenvalue weighted by Gasteiger charge is 2.36. The van der Waals surface area contributed by atoms with E-state index in [1.54, 1.807) is 30.3 Å². The normalized spacial score (nSPS) is 14.2. The number of urea groups is 1. The van der Waals surface area contributed by atoms with Crippen LogP contribution in [0.2, 0.25) is 0 Å². The highest BCUT2D eigenvalue weighted by atomic mass is 79.9. The van der Waals surface area contributed by atoms with Crippen molar-refractivity contribution in [2.45, 2.75) is 33.4 Å². The Morgan fingerprint density at radius 2 is 1.59 bits per heavy atom. The van der Waals surface area contributed by atoms with E-state index in [2.05, 4.69) is 55.4 Å². The second kappa shape index (κ2) is 14.1. The van der Waals surface area contributed by atoms with Gasteiger partial charge in [-0.05, 0) is 103 Å². The molecule has 4 amide bonds. The fourth-order valence-electron chi connectivity index (χ4n) is 4.81. The third-order valence-electron chi connectivity index (χ3n) is 6.88. The summed E-state index contributed by atoms with van der Waals surface area (Å²) in [6.07, 6.45) is 2.29. The van der Waals surface area contributed by atoms with Crippen molar-refractivity contribution >= 4 is 66.6 Å². The molecule has 0 spiro atoms. The fraction of sp³-hybridized carbons (Fsp3) is 0.206. The summed E-state index contributed by atoms with van der Waals surface area (Å²) in [6, 6.07) is 22.1. The molecule has 0 unspecified atom stereocenters. The maximum atomic E-state index is 13.4. The second-order valence-corrected chi connectivity index (χ2v) is 11.7. The van der Waals surface area contributed by atoms with Crippen LogP contribution in [0.4, 0.5) is 4.79 Å². The molecule has 5 rings (SSSR count). The van der Waals surface area contributed by atoms with Crippen molar-refractivity contribution in [1.82, 2.24) is 10.2 Å². The molecule has 1 N–H and O–H groups in total. The third-order valence-corrected chi connectivity index (χ3v) is 8.06. The van der Waals surface area contributed by atoms with E-state index in [1.807, 2.05) is 38.1 Å². The SMILES string of the molecule is CCCOc1ccc(CN2C(=O)NC(=O)/C(=C\c3cc(Br)c(OCc4cccc5ccccc45)c(Br)c3)C2=O)cc1OCC. The number of rotatable bonds is 11. The first-order valence-electron chi connectivity index (χ1n) is 14.1. The minimum absolute atomic E-state index is 0.0578. The van der Waals surface area contributed by atoms with Crippen LogP contribution in [0.15, 0.2) is 87.3 Å². The molecule has 10 heteroatoms. The molecule has 226 valence electrons. The molecule has 0 saturated carbocycles. The van der Waals surface area contributed by atoms with E-state index in [0.29, 0.717) is 57.1 Å². The van der Waals surface area contributed by atoms with Gasteiger partial charge in [0, 0.05) is 0 Å². The lowest BCUT2D eigenvalue weighted by Gasteiger charge is -2.26. The molecule has 1 saturated heterocycles. The zero-order valence-electron chi connectivity index (χ0n) is 24.2. The van der Waals surface area contributed by atoms with Gasteiger partial charge >= 0.3 is 6.03 Å². The van der Waals surface area contributed by atoms with Gasteiger partial charge in [-0.3, -0.25) is 19.8 Å². The van der Waals surface area contributed by atoms with Crippen LogP contribution in [0.3, 0.4) is 0 Å². The minimum atomic E-state index is -0.791. The van der Waals surface area contributed by atoms with Gasteiger partial charge in [0.05, 0.1) is 28.7 Å². The van der Waals surface area contributed by atoms with E-state index in [1.165, 1.54) is 6.08 Å². The Kier molecular flexibility index (Phi) is 10.0. The Morgan fingerprint density at radius 1 is 0.841 bits per heavy atom. The van der Waals surface area contributed by atoms with Crippen LogP contribution < -0.4 is 19.5 Å². The topological polar surface area (TPSA) is 94.2 Å². The van der Waals surface area contributed by atoms with Gasteiger partial charge in [-0.1, -0.05) is 55.5 Å². The molecule has 4 aromatic rings. The van der Waals surface area contributed by atoms with Crippen molar-refractivity contribution in [3.8, 4) is 17.2 Å². The Morgan fingerprint density at radius 3 is 2.34 bits per heavy atom. The largest absolute Gasteiger partial charge is 0.490 e. The number of imide groups is 2. The van der Waals surface area contributed by atoms with Crippen molar-refractivity contribution in [2.24, 2.45) is 0 Å². The van der Waals surface area contributed by atoms with Crippen molar-refractivity contribution in [2.75, 3.05) is 13.2 Å². The van der Waals surface area contributed by atoms with Crippen molar-refractivity contribution in [1.29, 1.82) is 0 Å². The number of carbonyl (C=O) groups is 3. The summed E-state index contributed by atoms with van der Waals surface area (Å²) >= 11 is 7.13. The van der Waals surface area contributed by atoms with E-state index in [4.69, 9.17) is 14.2 Å². The van der Waals surface area contributed by atoms with Gasteiger partial charge in [0.25, 0.3) is 11.8 Å². The van der Waals surface area contributed by atoms with Gasteiger partial charge in [-0.15, -0.1) is 0 Å². The number of amides is 4. The number of hydrogen-bond donors (Lipinski definition) is 1. The number of benzene rings is 4. The number of fused-ring (bicyclic) bond motifs is 1. The molecule has 1 aliphatic rings. The summed E-state index contributed by atoms with van der Waals surface area (Å²) in [4.78, 5) is 39.9. The van der Waals surface area contributed by atoms with Crippen LogP contribution in [0.25, 0.3) is 16.8 Å². The lowest BCUT2D eigenvalue weighted by molar-refractivity contribution is -0.130. The maximum Gasteiger partial charge on any atom is 0.331 e. The Hall–Kier alpha value is -4.15. The fourth-order valence-corrected chi connectivity index (χ4v) is 6.26. The monoisotopic (exact) mass is 720 g/mol. The lowest BCUT2D eigenvalue weighted by Crippen LogP contribution is -2.53. The molecule has 44 heavy (non-hydrogen) atoms. The van der Waals surface area contributed by atoms with E-state index in [0.717, 1.165) is 27.7 Å². The summed E-state index contributed by atoms with van der Waals surface area (Å²) in [5.41, 5.74) is 2.08. The average Bonchev–Trinajstić information content (AvgIpc) is 3.00.